The minimum atomic E-state index is -4.74. The Morgan fingerprint density at radius 3 is 2.26 bits per heavy atom. The number of aromatic nitrogens is 5. The molecule has 4 rings (SSSR count). The number of fused-ring (bicyclic) bond motifs is 1. The molecular weight excluding hydrogens is 584 g/mol. The van der Waals surface area contributed by atoms with Crippen LogP contribution >= 0.6 is 0 Å². The predicted molar refractivity (Wildman–Crippen MR) is 134 cm³/mol. The van der Waals surface area contributed by atoms with Gasteiger partial charge in [0.15, 0.2) is 5.82 Å². The lowest BCUT2D eigenvalue weighted by atomic mass is 10.1. The van der Waals surface area contributed by atoms with E-state index in [0.29, 0.717) is 31.2 Å². The molecule has 0 fully saturated rings. The zero-order valence-corrected chi connectivity index (χ0v) is 21.3. The Hall–Kier alpha value is -4.41. The van der Waals surface area contributed by atoms with Gasteiger partial charge in [-0.1, -0.05) is 0 Å². The van der Waals surface area contributed by atoms with E-state index in [0.717, 1.165) is 24.7 Å². The van der Waals surface area contributed by atoms with Gasteiger partial charge in [-0.2, -0.15) is 27.1 Å². The van der Waals surface area contributed by atoms with Crippen molar-refractivity contribution in [3.63, 3.8) is 0 Å². The number of pyridine rings is 1. The molecule has 0 amide bonds. The van der Waals surface area contributed by atoms with Crippen molar-refractivity contribution in [2.45, 2.75) is 45.0 Å². The van der Waals surface area contributed by atoms with Crippen molar-refractivity contribution in [2.24, 2.45) is 0 Å². The van der Waals surface area contributed by atoms with Crippen molar-refractivity contribution in [1.29, 1.82) is 0 Å². The lowest BCUT2D eigenvalue weighted by Gasteiger charge is -2.09. The van der Waals surface area contributed by atoms with E-state index < -0.39 is 47.4 Å². The molecule has 1 aromatic carbocycles. The van der Waals surface area contributed by atoms with E-state index in [1.807, 2.05) is 0 Å². The number of unbranched alkanes of at least 4 members (excludes halogenated alkanes) is 2. The van der Waals surface area contributed by atoms with E-state index in [1.165, 1.54) is 10.6 Å². The molecule has 3 heterocycles. The Balaban J connectivity index is 0.000000337. The summed E-state index contributed by atoms with van der Waals surface area (Å²) in [5.74, 6) is -0.805. The van der Waals surface area contributed by atoms with Crippen molar-refractivity contribution < 1.29 is 39.9 Å². The zero-order chi connectivity index (χ0) is 31.0. The number of nitrogens with zero attached hydrogens (tertiary/aromatic N) is 4. The molecule has 226 valence electrons. The number of ether oxygens (including phenoxy) is 1. The molecule has 0 atom stereocenters. The van der Waals surface area contributed by atoms with Crippen LogP contribution in [-0.4, -0.2) is 38.0 Å². The van der Waals surface area contributed by atoms with Crippen molar-refractivity contribution in [3.8, 4) is 11.4 Å². The van der Waals surface area contributed by atoms with Gasteiger partial charge in [0.25, 0.3) is 17.5 Å². The first kappa shape index (κ1) is 32.1. The third-order valence-corrected chi connectivity index (χ3v) is 5.69. The third kappa shape index (κ3) is 8.31. The summed E-state index contributed by atoms with van der Waals surface area (Å²) in [5.41, 5.74) is 0.729. The molecule has 17 heteroatoms. The van der Waals surface area contributed by atoms with Gasteiger partial charge >= 0.3 is 12.8 Å². The zero-order valence-electron chi connectivity index (χ0n) is 21.3. The number of anilines is 1. The van der Waals surface area contributed by atoms with Crippen LogP contribution in [0.15, 0.2) is 52.6 Å². The van der Waals surface area contributed by atoms with E-state index in [4.69, 9.17) is 5.73 Å². The molecule has 42 heavy (non-hydrogen) atoms. The van der Waals surface area contributed by atoms with Gasteiger partial charge in [0.1, 0.15) is 11.4 Å². The quantitative estimate of drug-likeness (QED) is 0.195. The van der Waals surface area contributed by atoms with Gasteiger partial charge in [-0.15, -0.1) is 0 Å². The van der Waals surface area contributed by atoms with Crippen LogP contribution in [0.5, 0.6) is 0 Å². The number of hydrogen-bond donors (Lipinski definition) is 2. The average Bonchev–Trinajstić information content (AvgIpc) is 2.91. The Morgan fingerprint density at radius 2 is 1.69 bits per heavy atom. The lowest BCUT2D eigenvalue weighted by molar-refractivity contribution is -0.138. The number of aryl methyl sites for hydroxylation is 1. The molecule has 9 nitrogen and oxygen atoms in total. The standard InChI is InChI=1S/C20H18F5N3O2.C5H4F3N3O/c21-16-9-14-12(8-15(16)18-26-10-13(11-27-18)17(22)23)4-6-28(19(14)29)5-2-1-3-7-30-20(24)25;6-5(7,8)3-2(9)1-10-11-4(3)12/h4,6,8-11,17,20H,1-3,5,7H2;1H,(H3,9,11,12). The lowest BCUT2D eigenvalue weighted by Crippen LogP contribution is -2.24. The fourth-order valence-electron chi connectivity index (χ4n) is 3.68. The van der Waals surface area contributed by atoms with Gasteiger partial charge in [0, 0.05) is 25.1 Å². The van der Waals surface area contributed by atoms with Gasteiger partial charge < -0.3 is 15.0 Å². The van der Waals surface area contributed by atoms with Gasteiger partial charge in [0.2, 0.25) is 0 Å². The summed E-state index contributed by atoms with van der Waals surface area (Å²) < 4.78 is 105. The first-order chi connectivity index (χ1) is 19.8. The fraction of sp³-hybridized carbons (Fsp3) is 0.320. The minimum absolute atomic E-state index is 0.000466. The van der Waals surface area contributed by atoms with Crippen molar-refractivity contribution in [2.75, 3.05) is 12.3 Å². The number of alkyl halides is 7. The molecule has 0 aliphatic rings. The highest BCUT2D eigenvalue weighted by Gasteiger charge is 2.36. The Labute approximate surface area is 231 Å². The molecule has 0 saturated heterocycles. The second-order valence-electron chi connectivity index (χ2n) is 8.59. The largest absolute Gasteiger partial charge is 0.423 e. The SMILES string of the molecule is Nc1cn[nH]c(=O)c1C(F)(F)F.O=c1c2cc(F)c(-c3ncc(C(F)F)cn3)cc2ccn1CCCCCOC(F)F. The monoisotopic (exact) mass is 606 g/mol. The van der Waals surface area contributed by atoms with Crippen molar-refractivity contribution in [3.05, 3.63) is 80.6 Å². The summed E-state index contributed by atoms with van der Waals surface area (Å²) in [7, 11) is 0. The van der Waals surface area contributed by atoms with Crippen molar-refractivity contribution in [1.82, 2.24) is 24.7 Å². The highest BCUT2D eigenvalue weighted by Crippen LogP contribution is 2.29. The molecule has 4 aromatic rings. The first-order valence-corrected chi connectivity index (χ1v) is 12.0. The highest BCUT2D eigenvalue weighted by molar-refractivity contribution is 5.85. The maximum atomic E-state index is 14.6. The molecule has 0 bridgehead atoms. The van der Waals surface area contributed by atoms with Crippen LogP contribution in [-0.2, 0) is 17.5 Å². The van der Waals surface area contributed by atoms with E-state index in [2.05, 4.69) is 19.8 Å². The second kappa shape index (κ2) is 14.0. The molecule has 3 aromatic heterocycles. The summed E-state index contributed by atoms with van der Waals surface area (Å²) in [6.45, 7) is -2.50. The molecule has 0 saturated carbocycles. The number of aromatic amines is 1. The van der Waals surface area contributed by atoms with Gasteiger partial charge in [0.05, 0.1) is 35.0 Å². The number of nitrogens with two attached hydrogens (primary N) is 1. The molecular formula is C25H22F8N6O3. The predicted octanol–water partition coefficient (Wildman–Crippen LogP) is 5.32. The second-order valence-corrected chi connectivity index (χ2v) is 8.59. The molecule has 0 spiro atoms. The molecule has 0 unspecified atom stereocenters. The minimum Gasteiger partial charge on any atom is -0.397 e. The molecule has 0 aliphatic heterocycles. The Bertz CT molecular complexity index is 1610. The summed E-state index contributed by atoms with van der Waals surface area (Å²) in [5, 5.41) is 5.35. The third-order valence-electron chi connectivity index (χ3n) is 5.69. The number of hydrogen-bond acceptors (Lipinski definition) is 7. The number of nitrogen functional groups attached to an aromatic ring is 1. The van der Waals surface area contributed by atoms with E-state index in [-0.39, 0.29) is 28.9 Å². The topological polar surface area (TPSA) is 129 Å². The van der Waals surface area contributed by atoms with Crippen LogP contribution in [0, 0.1) is 5.82 Å². The van der Waals surface area contributed by atoms with Crippen LogP contribution in [0.25, 0.3) is 22.2 Å². The summed E-state index contributed by atoms with van der Waals surface area (Å²) >= 11 is 0. The Kier molecular flexibility index (Phi) is 10.7. The van der Waals surface area contributed by atoms with Gasteiger partial charge in [-0.3, -0.25) is 9.59 Å². The number of rotatable bonds is 9. The van der Waals surface area contributed by atoms with Crippen LogP contribution in [0.2, 0.25) is 0 Å². The van der Waals surface area contributed by atoms with Crippen LogP contribution in [0.1, 0.15) is 36.8 Å². The van der Waals surface area contributed by atoms with E-state index >= 15 is 0 Å². The summed E-state index contributed by atoms with van der Waals surface area (Å²) in [6.07, 6.45) is -1.69. The fourth-order valence-corrected chi connectivity index (χ4v) is 3.68. The highest BCUT2D eigenvalue weighted by atomic mass is 19.4. The number of halogens is 8. The number of benzene rings is 1. The molecule has 3 N–H and O–H groups in total. The summed E-state index contributed by atoms with van der Waals surface area (Å²) in [4.78, 5) is 30.7. The van der Waals surface area contributed by atoms with Crippen molar-refractivity contribution >= 4 is 16.5 Å². The van der Waals surface area contributed by atoms with Crippen LogP contribution in [0.3, 0.4) is 0 Å². The molecule has 0 radical (unpaired) electrons. The molecule has 0 aliphatic carbocycles. The van der Waals surface area contributed by atoms with Gasteiger partial charge in [-0.25, -0.2) is 28.2 Å². The smallest absolute Gasteiger partial charge is 0.397 e. The van der Waals surface area contributed by atoms with E-state index in [1.54, 1.807) is 17.4 Å². The average molecular weight is 606 g/mol. The number of nitrogens with one attached hydrogen (secondary N) is 1. The van der Waals surface area contributed by atoms with E-state index in [9.17, 15) is 44.7 Å². The Morgan fingerprint density at radius 1 is 1.00 bits per heavy atom. The maximum absolute atomic E-state index is 14.6. The summed E-state index contributed by atoms with van der Waals surface area (Å²) in [6, 6.07) is 4.10. The number of H-pyrrole nitrogens is 1. The van der Waals surface area contributed by atoms with Gasteiger partial charge in [-0.05, 0) is 42.8 Å². The first-order valence-electron chi connectivity index (χ1n) is 12.0. The normalized spacial score (nSPS) is 11.7. The van der Waals surface area contributed by atoms with Crippen LogP contribution < -0.4 is 16.9 Å². The van der Waals surface area contributed by atoms with Crippen LogP contribution in [0.4, 0.5) is 40.8 Å². The maximum Gasteiger partial charge on any atom is 0.423 e.